The Labute approximate surface area is 205 Å². The summed E-state index contributed by atoms with van der Waals surface area (Å²) in [5.41, 5.74) is 1.36. The topological polar surface area (TPSA) is 71.1 Å². The number of nitrogens with zero attached hydrogens (tertiary/aromatic N) is 2. The largest absolute Gasteiger partial charge is 0.495 e. The van der Waals surface area contributed by atoms with Gasteiger partial charge in [0.1, 0.15) is 11.5 Å². The molecule has 0 aliphatic carbocycles. The van der Waals surface area contributed by atoms with Crippen molar-refractivity contribution in [3.8, 4) is 23.3 Å². The molecule has 2 heterocycles. The van der Waals surface area contributed by atoms with Crippen LogP contribution in [-0.4, -0.2) is 62.1 Å². The second-order valence-electron chi connectivity index (χ2n) is 8.70. The number of rotatable bonds is 3. The van der Waals surface area contributed by atoms with Crippen molar-refractivity contribution in [2.24, 2.45) is 5.41 Å². The maximum Gasteiger partial charge on any atom is 0.321 e. The van der Waals surface area contributed by atoms with Gasteiger partial charge in [-0.05, 0) is 42.9 Å². The van der Waals surface area contributed by atoms with Crippen molar-refractivity contribution in [2.75, 3.05) is 45.7 Å². The summed E-state index contributed by atoms with van der Waals surface area (Å²) in [7, 11) is 3.06. The molecule has 0 unspecified atom stereocenters. The van der Waals surface area contributed by atoms with E-state index in [9.17, 15) is 9.59 Å². The Balaban J connectivity index is 1.33. The van der Waals surface area contributed by atoms with E-state index in [1.807, 2.05) is 40.1 Å². The highest BCUT2D eigenvalue weighted by Gasteiger charge is 2.42. The van der Waals surface area contributed by atoms with Crippen LogP contribution in [0.5, 0.6) is 11.5 Å². The van der Waals surface area contributed by atoms with Gasteiger partial charge >= 0.3 is 6.03 Å². The molecular formula is C26H28ClN3O4. The highest BCUT2D eigenvalue weighted by atomic mass is 35.5. The molecular weight excluding hydrogens is 454 g/mol. The quantitative estimate of drug-likeness (QED) is 0.665. The van der Waals surface area contributed by atoms with Gasteiger partial charge in [0.15, 0.2) is 0 Å². The van der Waals surface area contributed by atoms with E-state index in [4.69, 9.17) is 21.1 Å². The number of urea groups is 1. The van der Waals surface area contributed by atoms with E-state index in [0.717, 1.165) is 24.8 Å². The van der Waals surface area contributed by atoms with Gasteiger partial charge in [0.2, 0.25) is 0 Å². The van der Waals surface area contributed by atoms with Crippen LogP contribution in [0.25, 0.3) is 0 Å². The molecule has 2 saturated heterocycles. The lowest BCUT2D eigenvalue weighted by Gasteiger charge is -2.38. The first-order valence-electron chi connectivity index (χ1n) is 11.3. The van der Waals surface area contributed by atoms with E-state index < -0.39 is 0 Å². The van der Waals surface area contributed by atoms with Gasteiger partial charge in [-0.15, -0.1) is 0 Å². The van der Waals surface area contributed by atoms with Crippen LogP contribution in [0.3, 0.4) is 0 Å². The summed E-state index contributed by atoms with van der Waals surface area (Å²) in [6, 6.07) is 12.6. The molecule has 3 amide bonds. The van der Waals surface area contributed by atoms with Crippen molar-refractivity contribution < 1.29 is 19.1 Å². The smallest absolute Gasteiger partial charge is 0.321 e. The van der Waals surface area contributed by atoms with Crippen LogP contribution in [-0.2, 0) is 4.79 Å². The fraction of sp³-hybridized carbons (Fsp3) is 0.385. The molecule has 1 spiro atoms. The van der Waals surface area contributed by atoms with Crippen molar-refractivity contribution in [2.45, 2.75) is 19.3 Å². The molecule has 2 fully saturated rings. The molecule has 0 saturated carbocycles. The van der Waals surface area contributed by atoms with E-state index in [2.05, 4.69) is 17.2 Å². The molecule has 0 aromatic heterocycles. The van der Waals surface area contributed by atoms with Crippen LogP contribution < -0.4 is 14.8 Å². The van der Waals surface area contributed by atoms with E-state index in [-0.39, 0.29) is 17.4 Å². The average molecular weight is 482 g/mol. The van der Waals surface area contributed by atoms with Gasteiger partial charge in [-0.1, -0.05) is 35.7 Å². The molecule has 2 aliphatic heterocycles. The van der Waals surface area contributed by atoms with Crippen LogP contribution in [0.1, 0.15) is 24.8 Å². The van der Waals surface area contributed by atoms with Crippen molar-refractivity contribution in [1.82, 2.24) is 9.80 Å². The maximum absolute atomic E-state index is 13.0. The zero-order valence-electron chi connectivity index (χ0n) is 19.4. The SMILES string of the molecule is COc1cc(OC)c(NC(=O)N2CCC3(CCN(C(=O)C#Cc4ccccc4)CC3)C2)cc1Cl. The number of methoxy groups -OCH3 is 2. The van der Waals surface area contributed by atoms with Gasteiger partial charge < -0.3 is 24.6 Å². The second-order valence-corrected chi connectivity index (χ2v) is 9.10. The fourth-order valence-corrected chi connectivity index (χ4v) is 4.82. The Morgan fingerprint density at radius 1 is 0.971 bits per heavy atom. The number of hydrogen-bond acceptors (Lipinski definition) is 4. The standard InChI is InChI=1S/C26H28ClN3O4/c1-33-22-17-23(34-2)21(16-20(22)27)28-25(32)30-15-12-26(18-30)10-13-29(14-11-26)24(31)9-8-19-6-4-3-5-7-19/h3-7,16-17H,10-15,18H2,1-2H3,(H,28,32). The van der Waals surface area contributed by atoms with E-state index >= 15 is 0 Å². The number of hydrogen-bond donors (Lipinski definition) is 1. The number of likely N-dealkylation sites (tertiary alicyclic amines) is 2. The third kappa shape index (κ3) is 5.23. The van der Waals surface area contributed by atoms with E-state index in [1.165, 1.54) is 14.2 Å². The van der Waals surface area contributed by atoms with Crippen LogP contribution >= 0.6 is 11.6 Å². The minimum atomic E-state index is -0.191. The highest BCUT2D eigenvalue weighted by molar-refractivity contribution is 6.32. The van der Waals surface area contributed by atoms with Gasteiger partial charge in [0.25, 0.3) is 5.91 Å². The van der Waals surface area contributed by atoms with Crippen molar-refractivity contribution in [1.29, 1.82) is 0 Å². The van der Waals surface area contributed by atoms with Crippen LogP contribution in [0.2, 0.25) is 5.02 Å². The predicted octanol–water partition coefficient (Wildman–Crippen LogP) is 4.26. The highest BCUT2D eigenvalue weighted by Crippen LogP contribution is 2.41. The molecule has 2 aliphatic rings. The van der Waals surface area contributed by atoms with Gasteiger partial charge in [-0.25, -0.2) is 4.79 Å². The lowest BCUT2D eigenvalue weighted by Crippen LogP contribution is -2.44. The first-order chi connectivity index (χ1) is 16.4. The average Bonchev–Trinajstić information content (AvgIpc) is 3.27. The van der Waals surface area contributed by atoms with Gasteiger partial charge in [0.05, 0.1) is 24.9 Å². The van der Waals surface area contributed by atoms with Crippen LogP contribution in [0.4, 0.5) is 10.5 Å². The number of ether oxygens (including phenoxy) is 2. The first kappa shape index (κ1) is 23.8. The zero-order valence-corrected chi connectivity index (χ0v) is 20.2. The molecule has 0 radical (unpaired) electrons. The number of amides is 3. The number of halogens is 1. The Hall–Kier alpha value is -3.37. The summed E-state index contributed by atoms with van der Waals surface area (Å²) in [6.07, 6.45) is 2.62. The molecule has 34 heavy (non-hydrogen) atoms. The van der Waals surface area contributed by atoms with Gasteiger partial charge in [0, 0.05) is 43.7 Å². The van der Waals surface area contributed by atoms with E-state index in [1.54, 1.807) is 12.1 Å². The minimum absolute atomic E-state index is 0.0304. The van der Waals surface area contributed by atoms with Crippen LogP contribution in [0, 0.1) is 17.3 Å². The number of anilines is 1. The summed E-state index contributed by atoms with van der Waals surface area (Å²) >= 11 is 6.23. The normalized spacial score (nSPS) is 16.6. The molecule has 2 aromatic carbocycles. The zero-order chi connectivity index (χ0) is 24.1. The predicted molar refractivity (Wildman–Crippen MR) is 131 cm³/mol. The molecule has 8 heteroatoms. The molecule has 2 aromatic rings. The van der Waals surface area contributed by atoms with Crippen molar-refractivity contribution in [3.05, 3.63) is 53.1 Å². The monoisotopic (exact) mass is 481 g/mol. The molecule has 1 N–H and O–H groups in total. The summed E-state index contributed by atoms with van der Waals surface area (Å²) in [5, 5.41) is 3.31. The van der Waals surface area contributed by atoms with Crippen molar-refractivity contribution >= 4 is 29.2 Å². The summed E-state index contributed by atoms with van der Waals surface area (Å²) in [5.74, 6) is 6.51. The number of piperidine rings is 1. The summed E-state index contributed by atoms with van der Waals surface area (Å²) in [4.78, 5) is 29.1. The molecule has 0 atom stereocenters. The molecule has 0 bridgehead atoms. The Bertz CT molecular complexity index is 1120. The lowest BCUT2D eigenvalue weighted by molar-refractivity contribution is -0.127. The summed E-state index contributed by atoms with van der Waals surface area (Å²) < 4.78 is 10.6. The number of benzene rings is 2. The van der Waals surface area contributed by atoms with Crippen molar-refractivity contribution in [3.63, 3.8) is 0 Å². The molecule has 4 rings (SSSR count). The third-order valence-corrected chi connectivity index (χ3v) is 6.94. The number of carbonyl (C=O) groups excluding carboxylic acids is 2. The number of carbonyl (C=O) groups is 2. The first-order valence-corrected chi connectivity index (χ1v) is 11.6. The second kappa shape index (κ2) is 10.3. The number of nitrogens with one attached hydrogen (secondary N) is 1. The van der Waals surface area contributed by atoms with E-state index in [0.29, 0.717) is 48.4 Å². The van der Waals surface area contributed by atoms with Gasteiger partial charge in [-0.2, -0.15) is 0 Å². The van der Waals surface area contributed by atoms with Crippen LogP contribution in [0.15, 0.2) is 42.5 Å². The Kier molecular flexibility index (Phi) is 7.18. The van der Waals surface area contributed by atoms with Gasteiger partial charge in [-0.3, -0.25) is 4.79 Å². The maximum atomic E-state index is 13.0. The molecule has 178 valence electrons. The molecule has 7 nitrogen and oxygen atoms in total. The third-order valence-electron chi connectivity index (χ3n) is 6.64. The Morgan fingerprint density at radius 3 is 2.26 bits per heavy atom. The lowest BCUT2D eigenvalue weighted by atomic mass is 9.78. The summed E-state index contributed by atoms with van der Waals surface area (Å²) in [6.45, 7) is 2.63. The minimum Gasteiger partial charge on any atom is -0.495 e. The Morgan fingerprint density at radius 2 is 1.62 bits per heavy atom. The fourth-order valence-electron chi connectivity index (χ4n) is 4.58.